The molecule has 0 saturated carbocycles. The van der Waals surface area contributed by atoms with Gasteiger partial charge in [0.2, 0.25) is 6.61 Å². The number of carbonyl (C=O) groups is 1. The van der Waals surface area contributed by atoms with E-state index in [-0.39, 0.29) is 12.2 Å². The van der Waals surface area contributed by atoms with Crippen LogP contribution < -0.4 is 0 Å². The maximum atomic E-state index is 10.8. The van der Waals surface area contributed by atoms with Crippen LogP contribution in [0.25, 0.3) is 0 Å². The van der Waals surface area contributed by atoms with E-state index in [1.165, 1.54) is 0 Å². The molecule has 4 heteroatoms. The predicted molar refractivity (Wildman–Crippen MR) is 41.6 cm³/mol. The third-order valence-corrected chi connectivity index (χ3v) is 0.941. The summed E-state index contributed by atoms with van der Waals surface area (Å²) in [6, 6.07) is 1.66. The summed E-state index contributed by atoms with van der Waals surface area (Å²) in [6.07, 6.45) is 1.08. The molecule has 12 heavy (non-hydrogen) atoms. The Labute approximate surface area is 71.4 Å². The van der Waals surface area contributed by atoms with E-state index >= 15 is 0 Å². The fraction of sp³-hybridized carbons (Fsp3) is 0.375. The van der Waals surface area contributed by atoms with Crippen molar-refractivity contribution in [1.82, 2.24) is 0 Å². The molecule has 0 fully saturated rings. The molecule has 0 bridgehead atoms. The van der Waals surface area contributed by atoms with Crippen molar-refractivity contribution in [2.24, 2.45) is 0 Å². The van der Waals surface area contributed by atoms with Gasteiger partial charge in [-0.1, -0.05) is 0 Å². The van der Waals surface area contributed by atoms with E-state index in [1.54, 1.807) is 13.0 Å². The number of rotatable bonds is 4. The molecular formula is C8H10NO3+. The quantitative estimate of drug-likeness (QED) is 0.205. The van der Waals surface area contributed by atoms with E-state index in [1.807, 2.05) is 0 Å². The smallest absolute Gasteiger partial charge is 0.355 e. The largest absolute Gasteiger partial charge is 0.500 e. The van der Waals surface area contributed by atoms with Gasteiger partial charge in [-0.3, -0.25) is 0 Å². The molecule has 0 unspecified atom stereocenters. The second-order valence-electron chi connectivity index (χ2n) is 1.73. The van der Waals surface area contributed by atoms with Crippen LogP contribution in [-0.2, 0) is 14.3 Å². The Bertz CT molecular complexity index is 215. The Hall–Kier alpha value is -1.63. The molecule has 0 aromatic rings. The first kappa shape index (κ1) is 10.4. The Morgan fingerprint density at radius 3 is 2.83 bits per heavy atom. The van der Waals surface area contributed by atoms with E-state index in [2.05, 4.69) is 11.7 Å². The van der Waals surface area contributed by atoms with Crippen LogP contribution in [0.15, 0.2) is 11.8 Å². The average molecular weight is 168 g/mol. The predicted octanol–water partition coefficient (Wildman–Crippen LogP) is 0.808. The highest BCUT2D eigenvalue weighted by atomic mass is 16.5. The summed E-state index contributed by atoms with van der Waals surface area (Å²) in [6.45, 7) is 5.46. The lowest BCUT2D eigenvalue weighted by Gasteiger charge is -1.96. The fourth-order valence-corrected chi connectivity index (χ4v) is 0.457. The van der Waals surface area contributed by atoms with Gasteiger partial charge >= 0.3 is 5.97 Å². The molecule has 0 rings (SSSR count). The van der Waals surface area contributed by atoms with Gasteiger partial charge in [-0.25, -0.2) is 4.79 Å². The van der Waals surface area contributed by atoms with Crippen LogP contribution >= 0.6 is 0 Å². The third-order valence-electron chi connectivity index (χ3n) is 0.941. The third kappa shape index (κ3) is 3.52. The van der Waals surface area contributed by atoms with Gasteiger partial charge in [0.15, 0.2) is 5.57 Å². The van der Waals surface area contributed by atoms with Crippen LogP contribution in [-0.4, -0.2) is 19.2 Å². The number of hydrogen-bond donors (Lipinski definition) is 0. The lowest BCUT2D eigenvalue weighted by Crippen LogP contribution is -2.06. The maximum absolute atomic E-state index is 10.8. The zero-order valence-electron chi connectivity index (χ0n) is 6.87. The number of ether oxygens (including phenoxy) is 2. The minimum atomic E-state index is -0.707. The molecule has 4 nitrogen and oxygen atoms in total. The van der Waals surface area contributed by atoms with Crippen molar-refractivity contribution in [3.63, 3.8) is 0 Å². The maximum Gasteiger partial charge on any atom is 0.355 e. The standard InChI is InChI=1S/C8H10NO3/c1-3-11-6-7(5-9)8(10)12-4-2/h6H,2-4H2,1H3/q+1/b7-6+. The van der Waals surface area contributed by atoms with Crippen LogP contribution in [0.2, 0.25) is 0 Å². The van der Waals surface area contributed by atoms with Crippen molar-refractivity contribution >= 4 is 5.97 Å². The first-order valence-electron chi connectivity index (χ1n) is 3.44. The summed E-state index contributed by atoms with van der Waals surface area (Å²) in [7, 11) is 0. The molecule has 0 aromatic carbocycles. The first-order valence-corrected chi connectivity index (χ1v) is 3.44. The second kappa shape index (κ2) is 6.10. The van der Waals surface area contributed by atoms with Crippen molar-refractivity contribution < 1.29 is 14.3 Å². The zero-order chi connectivity index (χ0) is 9.40. The van der Waals surface area contributed by atoms with E-state index in [4.69, 9.17) is 10.00 Å². The van der Waals surface area contributed by atoms with Gasteiger partial charge in [0, 0.05) is 0 Å². The molecule has 0 atom stereocenters. The van der Waals surface area contributed by atoms with E-state index in [9.17, 15) is 4.79 Å². The Morgan fingerprint density at radius 2 is 2.42 bits per heavy atom. The van der Waals surface area contributed by atoms with Crippen molar-refractivity contribution in [3.05, 3.63) is 18.8 Å². The average Bonchev–Trinajstić information content (AvgIpc) is 2.06. The molecule has 0 aromatic heterocycles. The zero-order valence-corrected chi connectivity index (χ0v) is 6.87. The monoisotopic (exact) mass is 168 g/mol. The molecule has 0 saturated heterocycles. The number of carbonyl (C=O) groups excluding carboxylic acids is 1. The molecule has 0 aliphatic carbocycles. The summed E-state index contributed by atoms with van der Waals surface area (Å²) in [5.74, 6) is -0.707. The van der Waals surface area contributed by atoms with Crippen molar-refractivity contribution in [3.8, 4) is 6.07 Å². The van der Waals surface area contributed by atoms with E-state index < -0.39 is 5.97 Å². The molecule has 0 N–H and O–H groups in total. The van der Waals surface area contributed by atoms with Crippen molar-refractivity contribution in [2.75, 3.05) is 13.2 Å². The molecule has 0 aliphatic heterocycles. The molecule has 64 valence electrons. The van der Waals surface area contributed by atoms with Crippen LogP contribution in [0, 0.1) is 18.3 Å². The van der Waals surface area contributed by atoms with Gasteiger partial charge in [0.1, 0.15) is 19.3 Å². The van der Waals surface area contributed by atoms with E-state index in [0.717, 1.165) is 6.26 Å². The van der Waals surface area contributed by atoms with Gasteiger partial charge in [0.25, 0.3) is 0 Å². The highest BCUT2D eigenvalue weighted by molar-refractivity contribution is 5.92. The van der Waals surface area contributed by atoms with Gasteiger partial charge in [-0.2, -0.15) is 5.26 Å². The molecule has 0 heterocycles. The summed E-state index contributed by atoms with van der Waals surface area (Å²) in [5.41, 5.74) is -0.152. The van der Waals surface area contributed by atoms with Gasteiger partial charge in [-0.15, -0.1) is 0 Å². The van der Waals surface area contributed by atoms with Gasteiger partial charge < -0.3 is 9.47 Å². The summed E-state index contributed by atoms with van der Waals surface area (Å²) >= 11 is 0. The second-order valence-corrected chi connectivity index (χ2v) is 1.73. The summed E-state index contributed by atoms with van der Waals surface area (Å²) < 4.78 is 9.22. The number of nitriles is 1. The first-order chi connectivity index (χ1) is 5.76. The van der Waals surface area contributed by atoms with Crippen molar-refractivity contribution in [2.45, 2.75) is 6.92 Å². The fourth-order valence-electron chi connectivity index (χ4n) is 0.457. The SMILES string of the molecule is [CH2+]COC(=O)/C(C#N)=C/OCC. The topological polar surface area (TPSA) is 59.3 Å². The lowest BCUT2D eigenvalue weighted by atomic mass is 10.3. The van der Waals surface area contributed by atoms with Crippen LogP contribution in [0.1, 0.15) is 6.92 Å². The number of nitrogens with zero attached hydrogens (tertiary/aromatic N) is 1. The van der Waals surface area contributed by atoms with Gasteiger partial charge in [0.05, 0.1) is 6.61 Å². The van der Waals surface area contributed by atoms with Crippen LogP contribution in [0.4, 0.5) is 0 Å². The molecule has 0 aliphatic rings. The van der Waals surface area contributed by atoms with Crippen molar-refractivity contribution in [1.29, 1.82) is 5.26 Å². The molecule has 0 radical (unpaired) electrons. The summed E-state index contributed by atoms with van der Waals surface area (Å²) in [5, 5.41) is 8.43. The summed E-state index contributed by atoms with van der Waals surface area (Å²) in [4.78, 5) is 10.8. The van der Waals surface area contributed by atoms with Gasteiger partial charge in [-0.05, 0) is 6.92 Å². The number of esters is 1. The normalized spacial score (nSPS) is 10.2. The molecule has 0 spiro atoms. The Morgan fingerprint density at radius 1 is 1.75 bits per heavy atom. The highest BCUT2D eigenvalue weighted by Gasteiger charge is 2.10. The van der Waals surface area contributed by atoms with Crippen LogP contribution in [0.3, 0.4) is 0 Å². The number of hydrogen-bond acceptors (Lipinski definition) is 4. The highest BCUT2D eigenvalue weighted by Crippen LogP contribution is 1.96. The van der Waals surface area contributed by atoms with Crippen LogP contribution in [0.5, 0.6) is 0 Å². The molecule has 0 amide bonds. The molecular weight excluding hydrogens is 158 g/mol. The minimum Gasteiger partial charge on any atom is -0.500 e. The minimum absolute atomic E-state index is 0.00395. The van der Waals surface area contributed by atoms with E-state index in [0.29, 0.717) is 6.61 Å². The Kier molecular flexibility index (Phi) is 5.28. The Balaban J connectivity index is 4.16. The lowest BCUT2D eigenvalue weighted by molar-refractivity contribution is -0.137.